The lowest BCUT2D eigenvalue weighted by atomic mass is 9.93. The van der Waals surface area contributed by atoms with Crippen LogP contribution >= 0.6 is 11.8 Å². The number of aromatic amines is 1. The van der Waals surface area contributed by atoms with Crippen molar-refractivity contribution in [2.75, 3.05) is 58.7 Å². The second-order valence-electron chi connectivity index (χ2n) is 22.2. The van der Waals surface area contributed by atoms with Crippen LogP contribution in [0.5, 0.6) is 5.75 Å². The van der Waals surface area contributed by atoms with E-state index in [1.807, 2.05) is 0 Å². The first kappa shape index (κ1) is 68.8. The highest BCUT2D eigenvalue weighted by molar-refractivity contribution is 7.99. The lowest BCUT2D eigenvalue weighted by Crippen LogP contribution is -2.62. The monoisotopic (exact) mass is 1250 g/mol. The van der Waals surface area contributed by atoms with E-state index in [9.17, 15) is 67.7 Å². The summed E-state index contributed by atoms with van der Waals surface area (Å²) in [5.41, 5.74) is 6.42. The molecule has 1 aromatic carbocycles. The molecular weight excluding hydrogens is 1170 g/mol. The molecule has 5 heterocycles. The minimum Gasteiger partial charge on any atom is -0.497 e. The third-order valence-electron chi connectivity index (χ3n) is 15.7. The number of amides is 13. The highest BCUT2D eigenvalue weighted by Crippen LogP contribution is 2.34. The Morgan fingerprint density at radius 2 is 1.44 bits per heavy atom. The van der Waals surface area contributed by atoms with Crippen LogP contribution in [0.4, 0.5) is 4.79 Å². The summed E-state index contributed by atoms with van der Waals surface area (Å²) in [4.78, 5) is 181. The van der Waals surface area contributed by atoms with Gasteiger partial charge in [-0.2, -0.15) is 0 Å². The predicted molar refractivity (Wildman–Crippen MR) is 315 cm³/mol. The molecule has 30 nitrogen and oxygen atoms in total. The molecule has 14 N–H and O–H groups in total. The van der Waals surface area contributed by atoms with Gasteiger partial charge in [-0.25, -0.2) is 4.79 Å². The molecule has 4 aliphatic rings. The molecule has 2 aromatic rings. The van der Waals surface area contributed by atoms with E-state index >= 15 is 4.79 Å². The molecule has 4 aliphatic heterocycles. The van der Waals surface area contributed by atoms with Crippen LogP contribution in [-0.2, 0) is 68.7 Å². The highest BCUT2D eigenvalue weighted by Gasteiger charge is 2.45. The summed E-state index contributed by atoms with van der Waals surface area (Å²) in [7, 11) is 1.44. The van der Waals surface area contributed by atoms with Crippen molar-refractivity contribution in [2.45, 2.75) is 151 Å². The van der Waals surface area contributed by atoms with E-state index in [1.54, 1.807) is 32.0 Å². The number of carbonyl (C=O) groups is 13. The van der Waals surface area contributed by atoms with Crippen LogP contribution in [0.15, 0.2) is 35.4 Å². The number of unbranched alkanes of at least 4 members (excludes halogenated alkanes) is 5. The number of aromatic nitrogens is 1. The van der Waals surface area contributed by atoms with Crippen LogP contribution in [0, 0.1) is 11.8 Å². The maximum absolute atomic E-state index is 15.0. The zero-order valence-electron chi connectivity index (χ0n) is 49.7. The van der Waals surface area contributed by atoms with E-state index in [-0.39, 0.29) is 36.4 Å². The standard InChI is InChI=1S/C57H81N13O17S/c1-5-30(2)48-53(82)62-25-44(75)63-39-29-88-55-35(34-15-14-33(86-4)22-36(34)66-55)23-37(50(79)61-26-45(76)67-48)64-54(83)49(68-52(81)40-21-32(71)27-70(40)56(84)38(24-42(58)73)65-51(39)80)31(3)41(72)28-87-57(85)60-19-11-7-6-10-18-59-43(74)13-9-8-12-20-69-46(77)16-17-47(69)78/h14-17,22,30-32,37-41,48-49,66,71-72H,5-13,18-21,23-29H2,1-4H3,(H2,58,73)(H,59,74)(H,60,85)(H,61,79)(H,62,82)(H,63,75)(H,64,83)(H,65,80)(H,67,76)(H,68,81)/t30-,31-,32+,37-,38?,39+,40?,41-,48-,49+/m0/s1. The summed E-state index contributed by atoms with van der Waals surface area (Å²) >= 11 is 0.973. The number of benzene rings is 1. The number of rotatable bonds is 22. The molecule has 0 spiro atoms. The number of carbonyl (C=O) groups excluding carboxylic acids is 13. The van der Waals surface area contributed by atoms with Gasteiger partial charge in [0.25, 0.3) is 11.8 Å². The lowest BCUT2D eigenvalue weighted by molar-refractivity contribution is -0.144. The Kier molecular flexibility index (Phi) is 25.9. The molecular formula is C57H81N13O17S. The Morgan fingerprint density at radius 3 is 2.12 bits per heavy atom. The maximum Gasteiger partial charge on any atom is 0.407 e. The average molecular weight is 1250 g/mol. The molecule has 0 radical (unpaired) electrons. The van der Waals surface area contributed by atoms with Gasteiger partial charge < -0.3 is 83.2 Å². The lowest BCUT2D eigenvalue weighted by Gasteiger charge is -2.33. The highest BCUT2D eigenvalue weighted by atomic mass is 32.2. The summed E-state index contributed by atoms with van der Waals surface area (Å²) in [6.07, 6.45) is 2.02. The van der Waals surface area contributed by atoms with E-state index in [0.717, 1.165) is 28.0 Å². The van der Waals surface area contributed by atoms with Gasteiger partial charge in [0, 0.05) is 80.7 Å². The Bertz CT molecular complexity index is 2940. The molecule has 10 atom stereocenters. The van der Waals surface area contributed by atoms with Crippen molar-refractivity contribution in [1.82, 2.24) is 62.6 Å². The fraction of sp³-hybridized carbons (Fsp3) is 0.596. The number of primary amides is 1. The maximum atomic E-state index is 15.0. The van der Waals surface area contributed by atoms with Crippen LogP contribution in [-0.4, -0.2) is 209 Å². The molecule has 0 aliphatic carbocycles. The summed E-state index contributed by atoms with van der Waals surface area (Å²) in [5, 5.41) is 46.7. The first-order valence-corrected chi connectivity index (χ1v) is 30.5. The van der Waals surface area contributed by atoms with Crippen molar-refractivity contribution in [1.29, 1.82) is 0 Å². The number of H-pyrrole nitrogens is 1. The molecule has 1 saturated heterocycles. The molecule has 482 valence electrons. The fourth-order valence-electron chi connectivity index (χ4n) is 10.4. The number of nitrogens with zero attached hydrogens (tertiary/aromatic N) is 2. The Labute approximate surface area is 511 Å². The average Bonchev–Trinajstić information content (AvgIpc) is 4.08. The van der Waals surface area contributed by atoms with E-state index in [1.165, 1.54) is 26.2 Å². The number of imide groups is 1. The van der Waals surface area contributed by atoms with E-state index in [2.05, 4.69) is 52.8 Å². The Balaban J connectivity index is 1.21. The SMILES string of the molecule is CC[C@H](C)[C@@H]1NC(=O)CNC(=O)[C@@H]2Cc3c([nH]c4cc(OC)ccc34)SC[C@@H](NC(=O)CNC1=O)C(=O)NC(CC(N)=O)C(=O)N1C[C@H](O)CC1C(=O)N[C@H]([C@@H](C)[C@@H](O)COC(=O)NCCCCCCNC(=O)CCCCCN1C(=O)C=CC1=O)C(=O)N2. The molecule has 1 fully saturated rings. The first-order chi connectivity index (χ1) is 42.0. The van der Waals surface area contributed by atoms with Gasteiger partial charge in [-0.05, 0) is 49.3 Å². The smallest absolute Gasteiger partial charge is 0.407 e. The van der Waals surface area contributed by atoms with Crippen molar-refractivity contribution >= 4 is 99.6 Å². The van der Waals surface area contributed by atoms with E-state index in [0.29, 0.717) is 91.7 Å². The van der Waals surface area contributed by atoms with Crippen LogP contribution in [0.3, 0.4) is 0 Å². The predicted octanol–water partition coefficient (Wildman–Crippen LogP) is -2.74. The Hall–Kier alpha value is -8.32. The molecule has 2 unspecified atom stereocenters. The first-order valence-electron chi connectivity index (χ1n) is 29.5. The van der Waals surface area contributed by atoms with Crippen LogP contribution in [0.2, 0.25) is 0 Å². The molecule has 1 aromatic heterocycles. The third-order valence-corrected chi connectivity index (χ3v) is 16.8. The van der Waals surface area contributed by atoms with Gasteiger partial charge in [0.2, 0.25) is 59.1 Å². The van der Waals surface area contributed by atoms with Crippen LogP contribution in [0.1, 0.15) is 97.0 Å². The third kappa shape index (κ3) is 19.6. The normalized spacial score (nSPS) is 23.7. The number of nitrogens with one attached hydrogen (secondary N) is 10. The molecule has 31 heteroatoms. The number of aliphatic hydroxyl groups is 2. The number of methoxy groups -OCH3 is 1. The number of nitrogens with two attached hydrogens (primary N) is 1. The topological polar surface area (TPSA) is 437 Å². The number of aliphatic hydroxyl groups excluding tert-OH is 2. The quantitative estimate of drug-likeness (QED) is 0.0420. The molecule has 2 bridgehead atoms. The molecule has 88 heavy (non-hydrogen) atoms. The second kappa shape index (κ2) is 33.1. The summed E-state index contributed by atoms with van der Waals surface area (Å²) in [5.74, 6) is -11.3. The minimum atomic E-state index is -1.82. The zero-order valence-corrected chi connectivity index (χ0v) is 50.5. The van der Waals surface area contributed by atoms with Crippen molar-refractivity contribution in [3.8, 4) is 5.75 Å². The number of alkyl carbamates (subject to hydrolysis) is 1. The number of fused-ring (bicyclic) bond motifs is 5. The number of thioether (sulfide) groups is 1. The minimum absolute atomic E-state index is 0.114. The van der Waals surface area contributed by atoms with Gasteiger partial charge in [-0.1, -0.05) is 46.5 Å². The van der Waals surface area contributed by atoms with Gasteiger partial charge in [0.05, 0.1) is 49.4 Å². The van der Waals surface area contributed by atoms with Gasteiger partial charge in [-0.3, -0.25) is 62.4 Å². The van der Waals surface area contributed by atoms with Crippen molar-refractivity contribution in [3.05, 3.63) is 35.9 Å². The fourth-order valence-corrected chi connectivity index (χ4v) is 11.5. The summed E-state index contributed by atoms with van der Waals surface area (Å²) < 4.78 is 10.8. The van der Waals surface area contributed by atoms with Crippen LogP contribution in [0.25, 0.3) is 10.9 Å². The zero-order chi connectivity index (χ0) is 64.2. The van der Waals surface area contributed by atoms with Crippen molar-refractivity contribution in [2.24, 2.45) is 17.6 Å². The van der Waals surface area contributed by atoms with Gasteiger partial charge in [-0.15, -0.1) is 11.8 Å². The Morgan fingerprint density at radius 1 is 0.773 bits per heavy atom. The number of ether oxygens (including phenoxy) is 2. The van der Waals surface area contributed by atoms with Gasteiger partial charge >= 0.3 is 6.09 Å². The number of hydrogen-bond acceptors (Lipinski definition) is 18. The largest absolute Gasteiger partial charge is 0.497 e. The summed E-state index contributed by atoms with van der Waals surface area (Å²) in [6, 6.07) is -4.66. The van der Waals surface area contributed by atoms with Crippen LogP contribution < -0.4 is 58.3 Å². The number of hydrogen-bond donors (Lipinski definition) is 13. The second-order valence-corrected chi connectivity index (χ2v) is 23.2. The van der Waals surface area contributed by atoms with Gasteiger partial charge in [0.15, 0.2) is 0 Å². The summed E-state index contributed by atoms with van der Waals surface area (Å²) in [6.45, 7) is 3.05. The van der Waals surface area contributed by atoms with Gasteiger partial charge in [0.1, 0.15) is 48.6 Å². The molecule has 0 saturated carbocycles. The molecule has 13 amide bonds. The van der Waals surface area contributed by atoms with E-state index < -0.39 is 159 Å². The van der Waals surface area contributed by atoms with Crippen molar-refractivity contribution in [3.63, 3.8) is 0 Å². The van der Waals surface area contributed by atoms with E-state index in [4.69, 9.17) is 15.2 Å². The molecule has 6 rings (SSSR count). The van der Waals surface area contributed by atoms with Crippen molar-refractivity contribution < 1.29 is 82.0 Å².